The number of hydrogen-bond acceptors (Lipinski definition) is 4. The van der Waals surface area contributed by atoms with Crippen molar-refractivity contribution in [2.45, 2.75) is 12.3 Å². The lowest BCUT2D eigenvalue weighted by atomic mass is 9.95. The molecule has 9 heteroatoms. The number of urea groups is 1. The molecule has 3 heterocycles. The van der Waals surface area contributed by atoms with E-state index in [0.717, 1.165) is 33.1 Å². The first-order chi connectivity index (χ1) is 16.9. The number of aromatic hydroxyl groups is 1. The van der Waals surface area contributed by atoms with Crippen LogP contribution in [0.2, 0.25) is 0 Å². The second-order valence-electron chi connectivity index (χ2n) is 8.95. The van der Waals surface area contributed by atoms with Crippen molar-refractivity contribution in [2.24, 2.45) is 5.73 Å². The van der Waals surface area contributed by atoms with Gasteiger partial charge in [-0.1, -0.05) is 0 Å². The molecule has 0 aliphatic carbocycles. The molecular formula is C26H23ClN4O4. The third-order valence-electron chi connectivity index (χ3n) is 7.14. The number of halogens is 1. The van der Waals surface area contributed by atoms with Crippen LogP contribution in [-0.4, -0.2) is 48.1 Å². The van der Waals surface area contributed by atoms with Gasteiger partial charge in [0.05, 0.1) is 12.8 Å². The third kappa shape index (κ3) is 3.13. The number of fused-ring (bicyclic) bond motifs is 6. The molecule has 0 bridgehead atoms. The van der Waals surface area contributed by atoms with Crippen molar-refractivity contribution in [3.63, 3.8) is 0 Å². The molecule has 0 saturated carbocycles. The van der Waals surface area contributed by atoms with Crippen molar-refractivity contribution in [1.29, 1.82) is 0 Å². The predicted octanol–water partition coefficient (Wildman–Crippen LogP) is 4.46. The number of methoxy groups -OCH3 is 1. The van der Waals surface area contributed by atoms with E-state index < -0.39 is 6.03 Å². The summed E-state index contributed by atoms with van der Waals surface area (Å²) >= 11 is 6.35. The van der Waals surface area contributed by atoms with Crippen molar-refractivity contribution in [1.82, 2.24) is 4.98 Å². The smallest absolute Gasteiger partial charge is 0.319 e. The Morgan fingerprint density at radius 1 is 1.11 bits per heavy atom. The molecular weight excluding hydrogens is 468 g/mol. The number of aromatic nitrogens is 1. The van der Waals surface area contributed by atoms with Gasteiger partial charge in [0.25, 0.3) is 5.91 Å². The molecule has 1 atom stereocenters. The first kappa shape index (κ1) is 21.6. The zero-order valence-electron chi connectivity index (χ0n) is 19.0. The summed E-state index contributed by atoms with van der Waals surface area (Å²) in [5.41, 5.74) is 10.1. The van der Waals surface area contributed by atoms with E-state index in [-0.39, 0.29) is 17.6 Å². The van der Waals surface area contributed by atoms with Gasteiger partial charge in [0.15, 0.2) is 0 Å². The number of nitrogens with one attached hydrogen (secondary N) is 1. The van der Waals surface area contributed by atoms with E-state index in [1.807, 2.05) is 30.3 Å². The van der Waals surface area contributed by atoms with Gasteiger partial charge in [-0.15, -0.1) is 11.6 Å². The number of alkyl halides is 1. The highest BCUT2D eigenvalue weighted by atomic mass is 35.5. The van der Waals surface area contributed by atoms with Crippen molar-refractivity contribution in [3.05, 3.63) is 59.3 Å². The van der Waals surface area contributed by atoms with Crippen LogP contribution in [0.15, 0.2) is 42.5 Å². The number of anilines is 2. The van der Waals surface area contributed by atoms with E-state index in [9.17, 15) is 14.7 Å². The lowest BCUT2D eigenvalue weighted by Gasteiger charge is -2.17. The summed E-state index contributed by atoms with van der Waals surface area (Å²) < 4.78 is 5.39. The number of hydrogen-bond donors (Lipinski definition) is 3. The number of phenolic OH excluding ortho intramolecular Hbond substituents is 1. The minimum Gasteiger partial charge on any atom is -0.507 e. The predicted molar refractivity (Wildman–Crippen MR) is 136 cm³/mol. The van der Waals surface area contributed by atoms with Crippen LogP contribution in [0.3, 0.4) is 0 Å². The van der Waals surface area contributed by atoms with Crippen LogP contribution in [0.25, 0.3) is 21.7 Å². The summed E-state index contributed by atoms with van der Waals surface area (Å²) in [6, 6.07) is 12.2. The minimum atomic E-state index is -0.487. The molecule has 6 rings (SSSR count). The largest absolute Gasteiger partial charge is 0.507 e. The highest BCUT2D eigenvalue weighted by molar-refractivity contribution is 6.19. The summed E-state index contributed by atoms with van der Waals surface area (Å²) in [5.74, 6) is 0.781. The Morgan fingerprint density at radius 2 is 1.94 bits per heavy atom. The standard InChI is InChI=1S/C26H23ClN4O4/c1-35-14-2-3-16-18(8-14)24-13(11-27)12-31(22(24)10-23(16)32)25(33)20-9-17-15-6-7-30(26(28)34)21(15)5-4-19(17)29-20/h2-5,8-10,13,29,32H,6-7,11-12H2,1H3,(H2,28,34)/t13-/m0/s1. The second-order valence-corrected chi connectivity index (χ2v) is 9.26. The van der Waals surface area contributed by atoms with E-state index in [4.69, 9.17) is 22.1 Å². The number of phenols is 1. The number of ether oxygens (including phenoxy) is 1. The molecule has 0 unspecified atom stereocenters. The topological polar surface area (TPSA) is 112 Å². The fourth-order valence-electron chi connectivity index (χ4n) is 5.50. The number of aromatic amines is 1. The van der Waals surface area contributed by atoms with Crippen molar-refractivity contribution < 1.29 is 19.4 Å². The van der Waals surface area contributed by atoms with Crippen LogP contribution in [0.1, 0.15) is 27.5 Å². The van der Waals surface area contributed by atoms with Gasteiger partial charge in [0.1, 0.15) is 17.2 Å². The highest BCUT2D eigenvalue weighted by Crippen LogP contribution is 2.46. The van der Waals surface area contributed by atoms with Crippen LogP contribution in [0.4, 0.5) is 16.2 Å². The molecule has 0 saturated heterocycles. The molecule has 0 fully saturated rings. The summed E-state index contributed by atoms with van der Waals surface area (Å²) in [6.45, 7) is 0.918. The van der Waals surface area contributed by atoms with E-state index >= 15 is 0 Å². The maximum Gasteiger partial charge on any atom is 0.319 e. The number of H-pyrrole nitrogens is 1. The highest BCUT2D eigenvalue weighted by Gasteiger charge is 2.36. The molecule has 4 N–H and O–H groups in total. The maximum absolute atomic E-state index is 13.7. The fourth-order valence-corrected chi connectivity index (χ4v) is 5.75. The molecule has 4 aromatic rings. The van der Waals surface area contributed by atoms with Crippen LogP contribution in [0.5, 0.6) is 11.5 Å². The molecule has 8 nitrogen and oxygen atoms in total. The van der Waals surface area contributed by atoms with Gasteiger partial charge >= 0.3 is 6.03 Å². The zero-order valence-corrected chi connectivity index (χ0v) is 19.7. The molecule has 0 spiro atoms. The summed E-state index contributed by atoms with van der Waals surface area (Å²) in [6.07, 6.45) is 0.670. The Labute approximate surface area is 205 Å². The first-order valence-electron chi connectivity index (χ1n) is 11.3. The summed E-state index contributed by atoms with van der Waals surface area (Å²) in [5, 5.41) is 13.2. The van der Waals surface area contributed by atoms with Crippen LogP contribution < -0.4 is 20.3 Å². The normalized spacial score (nSPS) is 16.7. The number of carbonyl (C=O) groups excluding carboxylic acids is 2. The monoisotopic (exact) mass is 490 g/mol. The Kier molecular flexibility index (Phi) is 4.82. The number of benzene rings is 3. The fraction of sp³-hybridized carbons (Fsp3) is 0.231. The molecule has 178 valence electrons. The van der Waals surface area contributed by atoms with Crippen molar-refractivity contribution in [3.8, 4) is 11.5 Å². The molecule has 2 aliphatic heterocycles. The minimum absolute atomic E-state index is 0.0930. The summed E-state index contributed by atoms with van der Waals surface area (Å²) in [7, 11) is 1.59. The molecule has 0 radical (unpaired) electrons. The van der Waals surface area contributed by atoms with E-state index in [1.54, 1.807) is 29.0 Å². The van der Waals surface area contributed by atoms with Gasteiger partial charge in [0, 0.05) is 52.9 Å². The molecule has 1 aromatic heterocycles. The van der Waals surface area contributed by atoms with E-state index in [1.165, 1.54) is 0 Å². The molecule has 3 amide bonds. The lowest BCUT2D eigenvalue weighted by Crippen LogP contribution is -2.33. The Bertz CT molecular complexity index is 1550. The van der Waals surface area contributed by atoms with Gasteiger partial charge in [-0.05, 0) is 59.3 Å². The van der Waals surface area contributed by atoms with E-state index in [2.05, 4.69) is 4.98 Å². The van der Waals surface area contributed by atoms with Crippen LogP contribution in [0, 0.1) is 0 Å². The maximum atomic E-state index is 13.7. The molecule has 35 heavy (non-hydrogen) atoms. The van der Waals surface area contributed by atoms with Gasteiger partial charge in [-0.25, -0.2) is 4.79 Å². The third-order valence-corrected chi connectivity index (χ3v) is 7.51. The first-order valence-corrected chi connectivity index (χ1v) is 11.9. The van der Waals surface area contributed by atoms with Gasteiger partial charge in [-0.3, -0.25) is 9.69 Å². The zero-order chi connectivity index (χ0) is 24.4. The number of nitrogens with two attached hydrogens (primary N) is 1. The molecule has 2 aliphatic rings. The number of primary amides is 1. The SMILES string of the molecule is COc1ccc2c(O)cc3c(c2c1)[C@@H](CCl)CN3C(=O)c1cc2c3c(ccc2[nH]1)N(C(N)=O)CC3. The van der Waals surface area contributed by atoms with E-state index in [0.29, 0.717) is 47.9 Å². The second kappa shape index (κ2) is 7.81. The van der Waals surface area contributed by atoms with Crippen molar-refractivity contribution in [2.75, 3.05) is 35.9 Å². The van der Waals surface area contributed by atoms with Crippen molar-refractivity contribution >= 4 is 56.6 Å². The average Bonchev–Trinajstić information content (AvgIpc) is 3.57. The number of rotatable bonds is 3. The Balaban J connectivity index is 1.45. The Hall–Kier alpha value is -3.91. The quantitative estimate of drug-likeness (QED) is 0.368. The van der Waals surface area contributed by atoms with Crippen LogP contribution >= 0.6 is 11.6 Å². The number of carbonyl (C=O) groups is 2. The van der Waals surface area contributed by atoms with Crippen LogP contribution in [-0.2, 0) is 6.42 Å². The average molecular weight is 491 g/mol. The Morgan fingerprint density at radius 3 is 2.69 bits per heavy atom. The number of amides is 3. The summed E-state index contributed by atoms with van der Waals surface area (Å²) in [4.78, 5) is 32.0. The number of nitrogens with zero attached hydrogens (tertiary/aromatic N) is 2. The van der Waals surface area contributed by atoms with Gasteiger partial charge in [0.2, 0.25) is 0 Å². The van der Waals surface area contributed by atoms with Gasteiger partial charge in [-0.2, -0.15) is 0 Å². The lowest BCUT2D eigenvalue weighted by molar-refractivity contribution is 0.0984. The van der Waals surface area contributed by atoms with Gasteiger partial charge < -0.3 is 25.5 Å². The molecule has 3 aromatic carbocycles.